The molecule has 4 aromatic rings. The molecule has 1 heterocycles. The summed E-state index contributed by atoms with van der Waals surface area (Å²) in [5.41, 5.74) is 11.3. The molecule has 6 nitrogen and oxygen atoms in total. The number of anilines is 2. The maximum Gasteiger partial charge on any atom is 0.260 e. The van der Waals surface area contributed by atoms with Crippen LogP contribution in [0.4, 0.5) is 11.5 Å². The van der Waals surface area contributed by atoms with Crippen molar-refractivity contribution in [2.75, 3.05) is 17.7 Å². The van der Waals surface area contributed by atoms with E-state index in [0.717, 1.165) is 22.4 Å². The number of hydrogen-bond acceptors (Lipinski definition) is 5. The van der Waals surface area contributed by atoms with Gasteiger partial charge in [-0.2, -0.15) is 0 Å². The quantitative estimate of drug-likeness (QED) is 0.407. The Morgan fingerprint density at radius 3 is 2.50 bits per heavy atom. The van der Waals surface area contributed by atoms with Gasteiger partial charge in [-0.3, -0.25) is 9.78 Å². The number of nitrogens with one attached hydrogen (secondary N) is 1. The molecule has 0 saturated heterocycles. The summed E-state index contributed by atoms with van der Waals surface area (Å²) in [4.78, 5) is 22.3. The van der Waals surface area contributed by atoms with Crippen molar-refractivity contribution >= 4 is 17.4 Å². The number of carbonyl (C=O) groups is 1. The van der Waals surface area contributed by atoms with Crippen LogP contribution in [0.5, 0.6) is 5.75 Å². The molecule has 32 heavy (non-hydrogen) atoms. The number of carbonyl (C=O) groups excluding carboxylic acids is 1. The zero-order valence-electron chi connectivity index (χ0n) is 18.0. The highest BCUT2D eigenvalue weighted by atomic mass is 16.5. The summed E-state index contributed by atoms with van der Waals surface area (Å²) in [6, 6.07) is 22.6. The van der Waals surface area contributed by atoms with Gasteiger partial charge in [0.2, 0.25) is 0 Å². The van der Waals surface area contributed by atoms with E-state index >= 15 is 0 Å². The first-order chi connectivity index (χ1) is 15.5. The summed E-state index contributed by atoms with van der Waals surface area (Å²) in [7, 11) is 0. The third-order valence-electron chi connectivity index (χ3n) is 4.92. The van der Waals surface area contributed by atoms with Gasteiger partial charge in [0.05, 0.1) is 29.8 Å². The van der Waals surface area contributed by atoms with Crippen molar-refractivity contribution in [2.45, 2.75) is 13.8 Å². The molecule has 0 saturated carbocycles. The number of aryl methyl sites for hydroxylation is 1. The Labute approximate surface area is 187 Å². The van der Waals surface area contributed by atoms with Crippen LogP contribution < -0.4 is 15.8 Å². The number of nitrogens with zero attached hydrogens (tertiary/aromatic N) is 2. The van der Waals surface area contributed by atoms with E-state index < -0.39 is 0 Å². The first kappa shape index (κ1) is 21.1. The molecular weight excluding hydrogens is 400 g/mol. The van der Waals surface area contributed by atoms with Crippen molar-refractivity contribution < 1.29 is 9.53 Å². The molecular formula is C26H24N4O2. The second kappa shape index (κ2) is 9.31. The molecule has 1 amide bonds. The topological polar surface area (TPSA) is 90.1 Å². The van der Waals surface area contributed by atoms with Crippen molar-refractivity contribution in [1.82, 2.24) is 9.97 Å². The van der Waals surface area contributed by atoms with Crippen LogP contribution in [-0.2, 0) is 0 Å². The van der Waals surface area contributed by atoms with Gasteiger partial charge in [0.25, 0.3) is 5.91 Å². The summed E-state index contributed by atoms with van der Waals surface area (Å²) in [5.74, 6) is 0.565. The standard InChI is InChI=1S/C26H24N4O2/c1-3-32-22-10-5-4-9-21(22)26(31)30-23-16-28-24(19-8-6-7-17(2)15-19)25(29-23)18-11-13-20(27)14-12-18/h4-16H,3,27H2,1-2H3,(H,29,30,31). The molecule has 0 bridgehead atoms. The molecule has 3 N–H and O–H groups in total. The maximum absolute atomic E-state index is 12.9. The number of benzene rings is 3. The SMILES string of the molecule is CCOc1ccccc1C(=O)Nc1cnc(-c2cccc(C)c2)c(-c2ccc(N)cc2)n1. The van der Waals surface area contributed by atoms with Gasteiger partial charge in [0, 0.05) is 16.8 Å². The largest absolute Gasteiger partial charge is 0.493 e. The van der Waals surface area contributed by atoms with Crippen LogP contribution in [0.25, 0.3) is 22.5 Å². The van der Waals surface area contributed by atoms with Gasteiger partial charge in [-0.05, 0) is 44.2 Å². The Bertz CT molecular complexity index is 1250. The molecule has 160 valence electrons. The predicted molar refractivity (Wildman–Crippen MR) is 128 cm³/mol. The summed E-state index contributed by atoms with van der Waals surface area (Å²) in [5, 5.41) is 2.85. The molecule has 0 aliphatic heterocycles. The molecule has 0 atom stereocenters. The Morgan fingerprint density at radius 1 is 0.969 bits per heavy atom. The van der Waals surface area contributed by atoms with Crippen LogP contribution >= 0.6 is 0 Å². The molecule has 4 rings (SSSR count). The molecule has 0 aliphatic carbocycles. The van der Waals surface area contributed by atoms with Crippen LogP contribution in [0, 0.1) is 6.92 Å². The zero-order valence-corrected chi connectivity index (χ0v) is 18.0. The Morgan fingerprint density at radius 2 is 1.75 bits per heavy atom. The van der Waals surface area contributed by atoms with Crippen molar-refractivity contribution in [3.8, 4) is 28.3 Å². The van der Waals surface area contributed by atoms with Gasteiger partial charge in [-0.15, -0.1) is 0 Å². The summed E-state index contributed by atoms with van der Waals surface area (Å²) < 4.78 is 5.58. The third-order valence-corrected chi connectivity index (χ3v) is 4.92. The van der Waals surface area contributed by atoms with E-state index in [1.54, 1.807) is 24.4 Å². The van der Waals surface area contributed by atoms with Crippen molar-refractivity contribution in [1.29, 1.82) is 0 Å². The summed E-state index contributed by atoms with van der Waals surface area (Å²) >= 11 is 0. The minimum Gasteiger partial charge on any atom is -0.493 e. The van der Waals surface area contributed by atoms with Gasteiger partial charge in [-0.25, -0.2) is 4.98 Å². The van der Waals surface area contributed by atoms with Crippen molar-refractivity contribution in [3.63, 3.8) is 0 Å². The lowest BCUT2D eigenvalue weighted by atomic mass is 10.0. The Kier molecular flexibility index (Phi) is 6.12. The van der Waals surface area contributed by atoms with Gasteiger partial charge in [-0.1, -0.05) is 48.0 Å². The monoisotopic (exact) mass is 424 g/mol. The average Bonchev–Trinajstić information content (AvgIpc) is 2.80. The molecule has 3 aromatic carbocycles. The van der Waals surface area contributed by atoms with Crippen LogP contribution in [-0.4, -0.2) is 22.5 Å². The number of nitrogen functional groups attached to an aromatic ring is 1. The lowest BCUT2D eigenvalue weighted by Crippen LogP contribution is -2.15. The van der Waals surface area contributed by atoms with Crippen LogP contribution in [0.3, 0.4) is 0 Å². The molecule has 0 aliphatic rings. The maximum atomic E-state index is 12.9. The van der Waals surface area contributed by atoms with Crippen molar-refractivity contribution in [3.05, 3.63) is 90.1 Å². The molecule has 0 unspecified atom stereocenters. The smallest absolute Gasteiger partial charge is 0.260 e. The fourth-order valence-electron chi connectivity index (χ4n) is 3.41. The van der Waals surface area contributed by atoms with E-state index in [0.29, 0.717) is 35.1 Å². The normalized spacial score (nSPS) is 10.6. The molecule has 6 heteroatoms. The first-order valence-corrected chi connectivity index (χ1v) is 10.4. The average molecular weight is 425 g/mol. The number of rotatable bonds is 6. The van der Waals surface area contributed by atoms with Gasteiger partial charge in [0.15, 0.2) is 5.82 Å². The number of hydrogen-bond donors (Lipinski definition) is 2. The molecule has 1 aromatic heterocycles. The third kappa shape index (κ3) is 4.59. The van der Waals surface area contributed by atoms with Gasteiger partial charge < -0.3 is 15.8 Å². The number of aromatic nitrogens is 2. The lowest BCUT2D eigenvalue weighted by Gasteiger charge is -2.13. The number of ether oxygens (including phenoxy) is 1. The van der Waals surface area contributed by atoms with E-state index in [1.807, 2.05) is 62.4 Å². The van der Waals surface area contributed by atoms with E-state index in [4.69, 9.17) is 15.5 Å². The minimum absolute atomic E-state index is 0.310. The summed E-state index contributed by atoms with van der Waals surface area (Å²) in [6.07, 6.45) is 1.57. The van der Waals surface area contributed by atoms with E-state index in [-0.39, 0.29) is 5.91 Å². The Hall–Kier alpha value is -4.19. The molecule has 0 spiro atoms. The number of amides is 1. The van der Waals surface area contributed by atoms with Gasteiger partial charge >= 0.3 is 0 Å². The van der Waals surface area contributed by atoms with E-state index in [9.17, 15) is 4.79 Å². The second-order valence-electron chi connectivity index (χ2n) is 7.33. The highest BCUT2D eigenvalue weighted by molar-refractivity contribution is 6.05. The van der Waals surface area contributed by atoms with E-state index in [1.165, 1.54) is 0 Å². The summed E-state index contributed by atoms with van der Waals surface area (Å²) in [6.45, 7) is 4.38. The van der Waals surface area contributed by atoms with Gasteiger partial charge in [0.1, 0.15) is 5.75 Å². The predicted octanol–water partition coefficient (Wildman–Crippen LogP) is 5.35. The number of nitrogens with two attached hydrogens (primary N) is 1. The second-order valence-corrected chi connectivity index (χ2v) is 7.33. The van der Waals surface area contributed by atoms with Crippen molar-refractivity contribution in [2.24, 2.45) is 0 Å². The van der Waals surface area contributed by atoms with Crippen LogP contribution in [0.1, 0.15) is 22.8 Å². The lowest BCUT2D eigenvalue weighted by molar-refractivity contribution is 0.102. The number of para-hydroxylation sites is 1. The molecule has 0 radical (unpaired) electrons. The van der Waals surface area contributed by atoms with Crippen LogP contribution in [0.15, 0.2) is 79.0 Å². The van der Waals surface area contributed by atoms with Crippen LogP contribution in [0.2, 0.25) is 0 Å². The zero-order chi connectivity index (χ0) is 22.5. The van der Waals surface area contributed by atoms with E-state index in [2.05, 4.69) is 16.4 Å². The fraction of sp³-hybridized carbons (Fsp3) is 0.115. The highest BCUT2D eigenvalue weighted by Crippen LogP contribution is 2.31. The highest BCUT2D eigenvalue weighted by Gasteiger charge is 2.16. The molecule has 0 fully saturated rings. The Balaban J connectivity index is 1.74. The fourth-order valence-corrected chi connectivity index (χ4v) is 3.41. The first-order valence-electron chi connectivity index (χ1n) is 10.4. The minimum atomic E-state index is -0.310.